The van der Waals surface area contributed by atoms with E-state index < -0.39 is 17.5 Å². The van der Waals surface area contributed by atoms with Crippen LogP contribution in [0.5, 0.6) is 11.5 Å². The lowest BCUT2D eigenvalue weighted by molar-refractivity contribution is -0.113. The molecule has 3 rings (SSSR count). The van der Waals surface area contributed by atoms with Gasteiger partial charge in [0.25, 0.3) is 0 Å². The van der Waals surface area contributed by atoms with Crippen molar-refractivity contribution >= 4 is 39.3 Å². The van der Waals surface area contributed by atoms with E-state index in [0.29, 0.717) is 35.1 Å². The number of para-hydroxylation sites is 2. The predicted molar refractivity (Wildman–Crippen MR) is 116 cm³/mol. The van der Waals surface area contributed by atoms with E-state index in [1.807, 2.05) is 23.6 Å². The van der Waals surface area contributed by atoms with Gasteiger partial charge in [-0.05, 0) is 41.1 Å². The Balaban J connectivity index is 1.62. The molecule has 164 valence electrons. The van der Waals surface area contributed by atoms with Crippen molar-refractivity contribution in [2.45, 2.75) is 25.2 Å². The summed E-state index contributed by atoms with van der Waals surface area (Å²) < 4.78 is 40.1. The van der Waals surface area contributed by atoms with Gasteiger partial charge in [0.05, 0.1) is 18.6 Å². The molecule has 0 bridgehead atoms. The molecule has 2 aromatic carbocycles. The minimum atomic E-state index is -0.863. The van der Waals surface area contributed by atoms with E-state index in [9.17, 15) is 13.6 Å². The van der Waals surface area contributed by atoms with E-state index in [0.717, 1.165) is 17.8 Å². The highest BCUT2D eigenvalue weighted by Gasteiger charge is 2.17. The predicted octanol–water partition coefficient (Wildman–Crippen LogP) is 4.66. The van der Waals surface area contributed by atoms with Gasteiger partial charge in [0.2, 0.25) is 5.91 Å². The molecular formula is C20H19BrF2N4O3S. The number of anilines is 1. The third-order valence-corrected chi connectivity index (χ3v) is 5.73. The maximum atomic E-state index is 13.9. The fourth-order valence-electron chi connectivity index (χ4n) is 2.70. The van der Waals surface area contributed by atoms with Crippen molar-refractivity contribution in [3.63, 3.8) is 0 Å². The Morgan fingerprint density at radius 3 is 2.65 bits per heavy atom. The maximum absolute atomic E-state index is 13.9. The molecule has 1 heterocycles. The summed E-state index contributed by atoms with van der Waals surface area (Å²) in [7, 11) is 1.56. The summed E-state index contributed by atoms with van der Waals surface area (Å²) in [6, 6.07) is 9.05. The van der Waals surface area contributed by atoms with Crippen molar-refractivity contribution in [2.24, 2.45) is 0 Å². The largest absolute Gasteiger partial charge is 0.493 e. The summed E-state index contributed by atoms with van der Waals surface area (Å²) >= 11 is 4.19. The van der Waals surface area contributed by atoms with Gasteiger partial charge in [-0.2, -0.15) is 0 Å². The second-order valence-electron chi connectivity index (χ2n) is 6.16. The molecule has 31 heavy (non-hydrogen) atoms. The van der Waals surface area contributed by atoms with Crippen LogP contribution < -0.4 is 14.8 Å². The SMILES string of the molecule is CCn1c(COc2ccccc2OC)nnc1SCC(=O)Nc1c(F)cc(F)cc1Br. The number of halogens is 3. The molecule has 3 aromatic rings. The number of ether oxygens (including phenoxy) is 2. The van der Waals surface area contributed by atoms with E-state index in [2.05, 4.69) is 31.4 Å². The summed E-state index contributed by atoms with van der Waals surface area (Å²) in [5.74, 6) is -0.327. The van der Waals surface area contributed by atoms with Crippen molar-refractivity contribution in [3.8, 4) is 11.5 Å². The van der Waals surface area contributed by atoms with Gasteiger partial charge in [0.15, 0.2) is 28.3 Å². The molecule has 11 heteroatoms. The topological polar surface area (TPSA) is 78.3 Å². The van der Waals surface area contributed by atoms with Gasteiger partial charge in [0, 0.05) is 17.1 Å². The van der Waals surface area contributed by atoms with Crippen molar-refractivity contribution < 1.29 is 23.0 Å². The smallest absolute Gasteiger partial charge is 0.234 e. The quantitative estimate of drug-likeness (QED) is 0.420. The number of aromatic nitrogens is 3. The van der Waals surface area contributed by atoms with Crippen molar-refractivity contribution in [2.75, 3.05) is 18.2 Å². The van der Waals surface area contributed by atoms with Crippen LogP contribution in [0.2, 0.25) is 0 Å². The Morgan fingerprint density at radius 1 is 1.23 bits per heavy atom. The van der Waals surface area contributed by atoms with Crippen molar-refractivity contribution in [3.05, 3.63) is 58.3 Å². The lowest BCUT2D eigenvalue weighted by Crippen LogP contribution is -2.16. The first-order valence-electron chi connectivity index (χ1n) is 9.18. The highest BCUT2D eigenvalue weighted by molar-refractivity contribution is 9.10. The lowest BCUT2D eigenvalue weighted by Gasteiger charge is -2.11. The van der Waals surface area contributed by atoms with E-state index in [-0.39, 0.29) is 22.5 Å². The molecule has 0 saturated carbocycles. The maximum Gasteiger partial charge on any atom is 0.234 e. The minimum Gasteiger partial charge on any atom is -0.493 e. The first-order chi connectivity index (χ1) is 14.9. The summed E-state index contributed by atoms with van der Waals surface area (Å²) in [5, 5.41) is 11.2. The van der Waals surface area contributed by atoms with E-state index in [1.54, 1.807) is 19.2 Å². The monoisotopic (exact) mass is 512 g/mol. The standard InChI is InChI=1S/C20H19BrF2N4O3S/c1-3-27-17(10-30-16-7-5-4-6-15(16)29-2)25-26-20(27)31-11-18(28)24-19-13(21)8-12(22)9-14(19)23/h4-9H,3,10-11H2,1-2H3,(H,24,28). The Morgan fingerprint density at radius 2 is 1.97 bits per heavy atom. The number of carbonyl (C=O) groups is 1. The molecule has 1 amide bonds. The molecule has 1 N–H and O–H groups in total. The van der Waals surface area contributed by atoms with Crippen LogP contribution in [0, 0.1) is 11.6 Å². The Kier molecular flexibility index (Phi) is 7.85. The number of hydrogen-bond acceptors (Lipinski definition) is 6. The van der Waals surface area contributed by atoms with Crippen LogP contribution in [0.1, 0.15) is 12.7 Å². The molecule has 7 nitrogen and oxygen atoms in total. The molecule has 0 aliphatic heterocycles. The van der Waals surface area contributed by atoms with Gasteiger partial charge in [-0.15, -0.1) is 10.2 Å². The van der Waals surface area contributed by atoms with Crippen LogP contribution in [0.15, 0.2) is 46.0 Å². The first-order valence-corrected chi connectivity index (χ1v) is 11.0. The summed E-state index contributed by atoms with van der Waals surface area (Å²) in [4.78, 5) is 12.3. The Hall–Kier alpha value is -2.66. The minimum absolute atomic E-state index is 0.0330. The molecule has 0 radical (unpaired) electrons. The second kappa shape index (κ2) is 10.6. The zero-order valence-electron chi connectivity index (χ0n) is 16.7. The van der Waals surface area contributed by atoms with E-state index in [4.69, 9.17) is 9.47 Å². The normalized spacial score (nSPS) is 10.7. The second-order valence-corrected chi connectivity index (χ2v) is 7.96. The molecular weight excluding hydrogens is 494 g/mol. The zero-order chi connectivity index (χ0) is 22.4. The number of nitrogens with one attached hydrogen (secondary N) is 1. The highest BCUT2D eigenvalue weighted by atomic mass is 79.9. The van der Waals surface area contributed by atoms with Gasteiger partial charge in [0.1, 0.15) is 12.4 Å². The number of methoxy groups -OCH3 is 1. The van der Waals surface area contributed by atoms with Gasteiger partial charge in [-0.1, -0.05) is 23.9 Å². The fourth-order valence-corrected chi connectivity index (χ4v) is 4.03. The van der Waals surface area contributed by atoms with Gasteiger partial charge in [-0.3, -0.25) is 4.79 Å². The number of carbonyl (C=O) groups excluding carboxylic acids is 1. The molecule has 0 aliphatic carbocycles. The number of thioether (sulfide) groups is 1. The molecule has 0 spiro atoms. The van der Waals surface area contributed by atoms with Crippen LogP contribution in [-0.2, 0) is 17.9 Å². The van der Waals surface area contributed by atoms with Crippen LogP contribution >= 0.6 is 27.7 Å². The van der Waals surface area contributed by atoms with Crippen LogP contribution in [-0.4, -0.2) is 33.5 Å². The van der Waals surface area contributed by atoms with E-state index >= 15 is 0 Å². The molecule has 0 fully saturated rings. The summed E-state index contributed by atoms with van der Waals surface area (Å²) in [6.07, 6.45) is 0. The molecule has 0 aliphatic rings. The first kappa shape index (κ1) is 23.0. The van der Waals surface area contributed by atoms with Crippen molar-refractivity contribution in [1.82, 2.24) is 14.8 Å². The molecule has 0 unspecified atom stereocenters. The van der Waals surface area contributed by atoms with Gasteiger partial charge >= 0.3 is 0 Å². The van der Waals surface area contributed by atoms with Gasteiger partial charge < -0.3 is 19.4 Å². The highest BCUT2D eigenvalue weighted by Crippen LogP contribution is 2.28. The van der Waals surface area contributed by atoms with Crippen LogP contribution in [0.3, 0.4) is 0 Å². The van der Waals surface area contributed by atoms with Gasteiger partial charge in [-0.25, -0.2) is 8.78 Å². The molecule has 1 aromatic heterocycles. The number of hydrogen-bond donors (Lipinski definition) is 1. The molecule has 0 atom stereocenters. The van der Waals surface area contributed by atoms with Crippen molar-refractivity contribution in [1.29, 1.82) is 0 Å². The van der Waals surface area contributed by atoms with Crippen LogP contribution in [0.25, 0.3) is 0 Å². The molecule has 0 saturated heterocycles. The number of rotatable bonds is 9. The number of nitrogens with zero attached hydrogens (tertiary/aromatic N) is 3. The summed E-state index contributed by atoms with van der Waals surface area (Å²) in [6.45, 7) is 2.66. The third-order valence-electron chi connectivity index (χ3n) is 4.14. The Bertz CT molecular complexity index is 1060. The van der Waals surface area contributed by atoms with E-state index in [1.165, 1.54) is 0 Å². The average molecular weight is 513 g/mol. The number of benzene rings is 2. The fraction of sp³-hybridized carbons (Fsp3) is 0.250. The summed E-state index contributed by atoms with van der Waals surface area (Å²) in [5.41, 5.74) is -0.116. The third kappa shape index (κ3) is 5.73. The van der Waals surface area contributed by atoms with Crippen LogP contribution in [0.4, 0.5) is 14.5 Å². The lowest BCUT2D eigenvalue weighted by atomic mass is 10.3. The number of amides is 1. The Labute approximate surface area is 190 Å². The zero-order valence-corrected chi connectivity index (χ0v) is 19.1. The average Bonchev–Trinajstić information content (AvgIpc) is 3.15.